The third-order valence-electron chi connectivity index (χ3n) is 7.37. The minimum atomic E-state index is -4.30. The van der Waals surface area contributed by atoms with E-state index >= 15 is 0 Å². The van der Waals surface area contributed by atoms with Crippen molar-refractivity contribution in [2.75, 3.05) is 32.2 Å². The van der Waals surface area contributed by atoms with Crippen molar-refractivity contribution in [2.24, 2.45) is 0 Å². The molecule has 3 aromatic rings. The number of aryl methyl sites for hydroxylation is 2. The molecule has 0 heterocycles. The Morgan fingerprint density at radius 2 is 1.52 bits per heavy atom. The molecule has 0 aromatic heterocycles. The highest BCUT2D eigenvalue weighted by atomic mass is 32.2. The number of anilines is 1. The maximum atomic E-state index is 14.3. The van der Waals surface area contributed by atoms with Crippen molar-refractivity contribution in [2.45, 2.75) is 64.6 Å². The Kier molecular flexibility index (Phi) is 11.6. The van der Waals surface area contributed by atoms with Gasteiger partial charge in [-0.1, -0.05) is 25.1 Å². The van der Waals surface area contributed by atoms with Crippen molar-refractivity contribution in [1.82, 2.24) is 10.2 Å². The number of carbonyl (C=O) groups is 2. The number of methoxy groups -OCH3 is 3. The van der Waals surface area contributed by atoms with E-state index in [1.807, 2.05) is 39.8 Å². The van der Waals surface area contributed by atoms with E-state index in [4.69, 9.17) is 14.2 Å². The minimum Gasteiger partial charge on any atom is -0.497 e. The first-order valence-corrected chi connectivity index (χ1v) is 15.8. The third-order valence-corrected chi connectivity index (χ3v) is 9.14. The maximum Gasteiger partial charge on any atom is 0.264 e. The summed E-state index contributed by atoms with van der Waals surface area (Å²) in [6, 6.07) is 15.8. The smallest absolute Gasteiger partial charge is 0.264 e. The molecule has 44 heavy (non-hydrogen) atoms. The number of ether oxygens (including phenoxy) is 3. The van der Waals surface area contributed by atoms with Crippen molar-refractivity contribution < 1.29 is 32.2 Å². The van der Waals surface area contributed by atoms with Gasteiger partial charge in [-0.25, -0.2) is 8.42 Å². The summed E-state index contributed by atoms with van der Waals surface area (Å²) in [6.07, 6.45) is 0.715. The Morgan fingerprint density at radius 3 is 2.11 bits per heavy atom. The lowest BCUT2D eigenvalue weighted by atomic mass is 10.1. The predicted molar refractivity (Wildman–Crippen MR) is 171 cm³/mol. The normalized spacial score (nSPS) is 12.5. The fourth-order valence-electron chi connectivity index (χ4n) is 4.74. The maximum absolute atomic E-state index is 14.3. The second-order valence-electron chi connectivity index (χ2n) is 10.7. The minimum absolute atomic E-state index is 0.0578. The van der Waals surface area contributed by atoms with Crippen LogP contribution in [-0.4, -0.2) is 65.1 Å². The molecule has 238 valence electrons. The number of sulfonamides is 1. The van der Waals surface area contributed by atoms with Gasteiger partial charge in [-0.2, -0.15) is 0 Å². The summed E-state index contributed by atoms with van der Waals surface area (Å²) >= 11 is 0. The lowest BCUT2D eigenvalue weighted by molar-refractivity contribution is -0.139. The zero-order valence-corrected chi connectivity index (χ0v) is 27.5. The van der Waals surface area contributed by atoms with Gasteiger partial charge in [0.2, 0.25) is 11.8 Å². The van der Waals surface area contributed by atoms with Crippen molar-refractivity contribution in [3.8, 4) is 17.2 Å². The summed E-state index contributed by atoms with van der Waals surface area (Å²) in [5.41, 5.74) is 2.70. The molecule has 0 aliphatic rings. The average molecular weight is 626 g/mol. The Labute approximate surface area is 261 Å². The van der Waals surface area contributed by atoms with E-state index in [9.17, 15) is 18.0 Å². The fourth-order valence-corrected chi connectivity index (χ4v) is 6.16. The van der Waals surface area contributed by atoms with E-state index in [0.717, 1.165) is 21.0 Å². The van der Waals surface area contributed by atoms with E-state index in [0.29, 0.717) is 23.6 Å². The summed E-state index contributed by atoms with van der Waals surface area (Å²) in [7, 11) is 0.129. The molecule has 11 heteroatoms. The lowest BCUT2D eigenvalue weighted by Gasteiger charge is -2.32. The number of rotatable bonds is 14. The highest BCUT2D eigenvalue weighted by Crippen LogP contribution is 2.33. The molecule has 2 atom stereocenters. The monoisotopic (exact) mass is 625 g/mol. The van der Waals surface area contributed by atoms with Crippen LogP contribution in [0, 0.1) is 13.8 Å². The highest BCUT2D eigenvalue weighted by molar-refractivity contribution is 7.92. The molecule has 2 amide bonds. The molecule has 0 bridgehead atoms. The molecular weight excluding hydrogens is 582 g/mol. The first kappa shape index (κ1) is 34.2. The molecule has 1 N–H and O–H groups in total. The molecule has 0 aliphatic carbocycles. The molecule has 3 rings (SSSR count). The number of nitrogens with zero attached hydrogens (tertiary/aromatic N) is 2. The van der Waals surface area contributed by atoms with Gasteiger partial charge in [0, 0.05) is 18.7 Å². The first-order chi connectivity index (χ1) is 20.8. The van der Waals surface area contributed by atoms with Gasteiger partial charge < -0.3 is 24.4 Å². The molecule has 0 unspecified atom stereocenters. The van der Waals surface area contributed by atoms with Crippen LogP contribution in [0.4, 0.5) is 5.69 Å². The Balaban J connectivity index is 2.11. The highest BCUT2D eigenvalue weighted by Gasteiger charge is 2.33. The number of benzene rings is 3. The Bertz CT molecular complexity index is 1560. The van der Waals surface area contributed by atoms with E-state index < -0.39 is 28.5 Å². The van der Waals surface area contributed by atoms with Crippen LogP contribution in [0.15, 0.2) is 65.6 Å². The van der Waals surface area contributed by atoms with Crippen LogP contribution in [0.25, 0.3) is 0 Å². The molecule has 0 aliphatic heterocycles. The second kappa shape index (κ2) is 15.0. The molecule has 0 saturated heterocycles. The number of hydrogen-bond acceptors (Lipinski definition) is 7. The van der Waals surface area contributed by atoms with Gasteiger partial charge in [0.05, 0.1) is 31.9 Å². The summed E-state index contributed by atoms with van der Waals surface area (Å²) < 4.78 is 45.6. The zero-order valence-electron chi connectivity index (χ0n) is 26.7. The van der Waals surface area contributed by atoms with E-state index in [2.05, 4.69) is 5.32 Å². The van der Waals surface area contributed by atoms with Gasteiger partial charge in [-0.05, 0) is 87.2 Å². The SMILES string of the molecule is CC[C@H](C)NC(=O)[C@H](C)N(Cc1cccc(OC)c1)C(=O)CN(c1cc(C)cc(C)c1)S(=O)(=O)c1ccc(OC)c(OC)c1. The predicted octanol–water partition coefficient (Wildman–Crippen LogP) is 4.86. The standard InChI is InChI=1S/C33H43N3O7S/c1-9-24(4)34-33(38)25(5)35(20-26-11-10-12-28(18-26)41-6)32(37)21-36(27-16-22(2)15-23(3)17-27)44(39,40)29-13-14-30(42-7)31(19-29)43-8/h10-19,24-25H,9,20-21H2,1-8H3,(H,34,38)/t24-,25-/m0/s1. The van der Waals surface area contributed by atoms with Crippen molar-refractivity contribution >= 4 is 27.5 Å². The van der Waals surface area contributed by atoms with Crippen LogP contribution < -0.4 is 23.8 Å². The van der Waals surface area contributed by atoms with Crippen LogP contribution in [-0.2, 0) is 26.2 Å². The van der Waals surface area contributed by atoms with Gasteiger partial charge >= 0.3 is 0 Å². The Hall–Kier alpha value is -4.25. The average Bonchev–Trinajstić information content (AvgIpc) is 3.00. The topological polar surface area (TPSA) is 114 Å². The number of hydrogen-bond donors (Lipinski definition) is 1. The van der Waals surface area contributed by atoms with Gasteiger partial charge in [0.15, 0.2) is 11.5 Å². The van der Waals surface area contributed by atoms with Crippen molar-refractivity contribution in [3.05, 3.63) is 77.4 Å². The molecular formula is C33H43N3O7S. The van der Waals surface area contributed by atoms with Gasteiger partial charge in [-0.3, -0.25) is 13.9 Å². The van der Waals surface area contributed by atoms with Crippen LogP contribution in [0.5, 0.6) is 17.2 Å². The van der Waals surface area contributed by atoms with E-state index in [1.54, 1.807) is 44.4 Å². The van der Waals surface area contributed by atoms with Crippen molar-refractivity contribution in [3.63, 3.8) is 0 Å². The summed E-state index contributed by atoms with van der Waals surface area (Å²) in [5.74, 6) is 0.306. The number of nitrogens with one attached hydrogen (secondary N) is 1. The van der Waals surface area contributed by atoms with Gasteiger partial charge in [-0.15, -0.1) is 0 Å². The number of carbonyl (C=O) groups excluding carboxylic acids is 2. The largest absolute Gasteiger partial charge is 0.497 e. The molecule has 0 radical (unpaired) electrons. The van der Waals surface area contributed by atoms with Crippen LogP contribution in [0.1, 0.15) is 43.9 Å². The summed E-state index contributed by atoms with van der Waals surface area (Å²) in [4.78, 5) is 28.8. The summed E-state index contributed by atoms with van der Waals surface area (Å²) in [5, 5.41) is 2.94. The van der Waals surface area contributed by atoms with Crippen molar-refractivity contribution in [1.29, 1.82) is 0 Å². The van der Waals surface area contributed by atoms with Crippen LogP contribution in [0.2, 0.25) is 0 Å². The van der Waals surface area contributed by atoms with Gasteiger partial charge in [0.1, 0.15) is 18.3 Å². The van der Waals surface area contributed by atoms with Crippen LogP contribution >= 0.6 is 0 Å². The lowest BCUT2D eigenvalue weighted by Crippen LogP contribution is -2.52. The van der Waals surface area contributed by atoms with E-state index in [1.165, 1.54) is 37.3 Å². The molecule has 10 nitrogen and oxygen atoms in total. The fraction of sp³-hybridized carbons (Fsp3) is 0.394. The molecule has 0 fully saturated rings. The molecule has 3 aromatic carbocycles. The molecule has 0 spiro atoms. The molecule has 0 saturated carbocycles. The number of amides is 2. The third kappa shape index (κ3) is 8.22. The quantitative estimate of drug-likeness (QED) is 0.272. The Morgan fingerprint density at radius 1 is 0.864 bits per heavy atom. The first-order valence-electron chi connectivity index (χ1n) is 14.4. The van der Waals surface area contributed by atoms with Crippen LogP contribution in [0.3, 0.4) is 0 Å². The second-order valence-corrected chi connectivity index (χ2v) is 12.6. The summed E-state index contributed by atoms with van der Waals surface area (Å²) in [6.45, 7) is 8.70. The van der Waals surface area contributed by atoms with E-state index in [-0.39, 0.29) is 29.1 Å². The zero-order chi connectivity index (χ0) is 32.6. The van der Waals surface area contributed by atoms with Gasteiger partial charge in [0.25, 0.3) is 10.0 Å².